The number of carbonyl (C=O) groups is 1. The Kier molecular flexibility index (Phi) is 8.43. The Morgan fingerprint density at radius 3 is 2.36 bits per heavy atom. The first kappa shape index (κ1) is 15.6. The predicted molar refractivity (Wildman–Crippen MR) is 57.7 cm³/mol. The first-order valence-electron chi connectivity index (χ1n) is 3.49. The molecule has 6 heteroatoms. The van der Waals surface area contributed by atoms with E-state index in [9.17, 15) is 4.79 Å². The van der Waals surface area contributed by atoms with E-state index >= 15 is 0 Å². The zero-order valence-corrected chi connectivity index (χ0v) is 9.18. The lowest BCUT2D eigenvalue weighted by molar-refractivity contribution is -0.142. The molecule has 1 aromatic heterocycles. The van der Waals surface area contributed by atoms with Gasteiger partial charge in [0.05, 0.1) is 7.11 Å². The minimum absolute atomic E-state index is 0. The van der Waals surface area contributed by atoms with Gasteiger partial charge in [0.25, 0.3) is 0 Å². The van der Waals surface area contributed by atoms with Crippen molar-refractivity contribution in [2.75, 3.05) is 7.11 Å². The van der Waals surface area contributed by atoms with Crippen LogP contribution < -0.4 is 5.73 Å². The topological polar surface area (TPSA) is 65.2 Å². The Morgan fingerprint density at radius 1 is 1.43 bits per heavy atom. The average molecular weight is 239 g/mol. The average Bonchev–Trinajstić information content (AvgIpc) is 2.17. The number of halogens is 2. The van der Waals surface area contributed by atoms with Crippen LogP contribution in [0.3, 0.4) is 0 Å². The summed E-state index contributed by atoms with van der Waals surface area (Å²) >= 11 is 0. The van der Waals surface area contributed by atoms with E-state index in [2.05, 4.69) is 9.72 Å². The largest absolute Gasteiger partial charge is 0.468 e. The Hall–Kier alpha value is -0.840. The number of esters is 1. The van der Waals surface area contributed by atoms with Crippen LogP contribution in [0.4, 0.5) is 0 Å². The van der Waals surface area contributed by atoms with Gasteiger partial charge >= 0.3 is 5.97 Å². The summed E-state index contributed by atoms with van der Waals surface area (Å²) in [6.45, 7) is 0. The Morgan fingerprint density at radius 2 is 1.93 bits per heavy atom. The van der Waals surface area contributed by atoms with Gasteiger partial charge in [-0.25, -0.2) is 0 Å². The first-order chi connectivity index (χ1) is 5.75. The molecule has 0 aliphatic rings. The minimum Gasteiger partial charge on any atom is -0.468 e. The summed E-state index contributed by atoms with van der Waals surface area (Å²) in [5.74, 6) is -0.443. The smallest absolute Gasteiger partial charge is 0.327 e. The molecule has 0 spiro atoms. The highest BCUT2D eigenvalue weighted by Gasteiger charge is 2.14. The number of carbonyl (C=O) groups excluding carboxylic acids is 1. The molecule has 0 bridgehead atoms. The van der Waals surface area contributed by atoms with Crippen molar-refractivity contribution in [3.05, 3.63) is 30.1 Å². The van der Waals surface area contributed by atoms with E-state index < -0.39 is 12.0 Å². The standard InChI is InChI=1S/C8H10N2O2.2ClH/c1-12-8(11)7(9)6-2-4-10-5-3-6;;/h2-5,7H,9H2,1H3;2*1H. The molecular weight excluding hydrogens is 227 g/mol. The first-order valence-corrected chi connectivity index (χ1v) is 3.49. The highest BCUT2D eigenvalue weighted by Crippen LogP contribution is 2.08. The van der Waals surface area contributed by atoms with E-state index in [4.69, 9.17) is 5.73 Å². The Bertz CT molecular complexity index is 269. The van der Waals surface area contributed by atoms with Crippen LogP contribution in [0.25, 0.3) is 0 Å². The molecule has 0 radical (unpaired) electrons. The molecule has 1 rings (SSSR count). The van der Waals surface area contributed by atoms with Gasteiger partial charge in [0.2, 0.25) is 0 Å². The zero-order chi connectivity index (χ0) is 8.97. The summed E-state index contributed by atoms with van der Waals surface area (Å²) in [5.41, 5.74) is 6.25. The second-order valence-corrected chi connectivity index (χ2v) is 2.28. The highest BCUT2D eigenvalue weighted by molar-refractivity contribution is 5.85. The summed E-state index contributed by atoms with van der Waals surface area (Å²) < 4.78 is 4.48. The number of nitrogens with two attached hydrogens (primary N) is 1. The monoisotopic (exact) mass is 238 g/mol. The van der Waals surface area contributed by atoms with E-state index in [0.29, 0.717) is 5.56 Å². The van der Waals surface area contributed by atoms with Crippen LogP contribution in [0.2, 0.25) is 0 Å². The number of hydrogen-bond donors (Lipinski definition) is 1. The van der Waals surface area contributed by atoms with Crippen molar-refractivity contribution in [1.29, 1.82) is 0 Å². The number of methoxy groups -OCH3 is 1. The maximum absolute atomic E-state index is 10.9. The molecule has 0 aliphatic heterocycles. The van der Waals surface area contributed by atoms with Crippen LogP contribution in [0.5, 0.6) is 0 Å². The van der Waals surface area contributed by atoms with Crippen LogP contribution in [-0.4, -0.2) is 18.1 Å². The molecule has 1 heterocycles. The minimum atomic E-state index is -0.710. The maximum Gasteiger partial charge on any atom is 0.327 e. The molecule has 0 aromatic carbocycles. The van der Waals surface area contributed by atoms with Crippen molar-refractivity contribution in [3.63, 3.8) is 0 Å². The summed E-state index contributed by atoms with van der Waals surface area (Å²) in [4.78, 5) is 14.7. The summed E-state index contributed by atoms with van der Waals surface area (Å²) in [5, 5.41) is 0. The molecule has 1 aromatic rings. The van der Waals surface area contributed by atoms with Gasteiger partial charge in [0.1, 0.15) is 6.04 Å². The molecular formula is C8H12Cl2N2O2. The summed E-state index contributed by atoms with van der Waals surface area (Å²) in [7, 11) is 1.31. The molecule has 80 valence electrons. The fourth-order valence-corrected chi connectivity index (χ4v) is 0.834. The third kappa shape index (κ3) is 3.91. The zero-order valence-electron chi connectivity index (χ0n) is 7.54. The molecule has 1 atom stereocenters. The third-order valence-electron chi connectivity index (χ3n) is 1.52. The fourth-order valence-electron chi connectivity index (χ4n) is 0.834. The SMILES string of the molecule is COC(=O)C(N)c1ccncc1.Cl.Cl. The molecule has 2 N–H and O–H groups in total. The van der Waals surface area contributed by atoms with Crippen molar-refractivity contribution >= 4 is 30.8 Å². The van der Waals surface area contributed by atoms with Gasteiger partial charge in [-0.1, -0.05) is 0 Å². The number of nitrogens with zero attached hydrogens (tertiary/aromatic N) is 1. The van der Waals surface area contributed by atoms with E-state index in [1.54, 1.807) is 24.5 Å². The quantitative estimate of drug-likeness (QED) is 0.785. The number of rotatable bonds is 2. The molecule has 0 aliphatic carbocycles. The van der Waals surface area contributed by atoms with Crippen molar-refractivity contribution in [2.45, 2.75) is 6.04 Å². The van der Waals surface area contributed by atoms with E-state index in [0.717, 1.165) is 0 Å². The predicted octanol–water partition coefficient (Wildman–Crippen LogP) is 1.10. The number of pyridine rings is 1. The van der Waals surface area contributed by atoms with Crippen LogP contribution in [0.1, 0.15) is 11.6 Å². The van der Waals surface area contributed by atoms with Gasteiger partial charge in [0.15, 0.2) is 0 Å². The van der Waals surface area contributed by atoms with Crippen molar-refractivity contribution in [1.82, 2.24) is 4.98 Å². The van der Waals surface area contributed by atoms with Gasteiger partial charge in [-0.3, -0.25) is 9.78 Å². The Balaban J connectivity index is 0. The van der Waals surface area contributed by atoms with Gasteiger partial charge in [-0.15, -0.1) is 24.8 Å². The van der Waals surface area contributed by atoms with Gasteiger partial charge in [-0.2, -0.15) is 0 Å². The molecule has 0 amide bonds. The van der Waals surface area contributed by atoms with E-state index in [1.807, 2.05) is 0 Å². The second-order valence-electron chi connectivity index (χ2n) is 2.28. The van der Waals surface area contributed by atoms with Crippen LogP contribution in [-0.2, 0) is 9.53 Å². The Labute approximate surface area is 94.7 Å². The van der Waals surface area contributed by atoms with Crippen molar-refractivity contribution < 1.29 is 9.53 Å². The van der Waals surface area contributed by atoms with Crippen molar-refractivity contribution in [2.24, 2.45) is 5.73 Å². The molecule has 0 saturated carbocycles. The van der Waals surface area contributed by atoms with Gasteiger partial charge in [-0.05, 0) is 17.7 Å². The molecule has 14 heavy (non-hydrogen) atoms. The maximum atomic E-state index is 10.9. The lowest BCUT2D eigenvalue weighted by Gasteiger charge is -2.07. The van der Waals surface area contributed by atoms with Crippen LogP contribution in [0, 0.1) is 0 Å². The molecule has 4 nitrogen and oxygen atoms in total. The lowest BCUT2D eigenvalue weighted by atomic mass is 10.1. The van der Waals surface area contributed by atoms with Crippen LogP contribution >= 0.6 is 24.8 Å². The molecule has 0 saturated heterocycles. The lowest BCUT2D eigenvalue weighted by Crippen LogP contribution is -2.22. The van der Waals surface area contributed by atoms with Gasteiger partial charge < -0.3 is 10.5 Å². The number of ether oxygens (including phenoxy) is 1. The highest BCUT2D eigenvalue weighted by atomic mass is 35.5. The molecule has 0 fully saturated rings. The van der Waals surface area contributed by atoms with E-state index in [-0.39, 0.29) is 24.8 Å². The molecule has 1 unspecified atom stereocenters. The van der Waals surface area contributed by atoms with E-state index in [1.165, 1.54) is 7.11 Å². The number of aromatic nitrogens is 1. The second kappa shape index (κ2) is 7.55. The van der Waals surface area contributed by atoms with Crippen LogP contribution in [0.15, 0.2) is 24.5 Å². The van der Waals surface area contributed by atoms with Crippen molar-refractivity contribution in [3.8, 4) is 0 Å². The normalized spacial score (nSPS) is 10.4. The van der Waals surface area contributed by atoms with Gasteiger partial charge in [0, 0.05) is 12.4 Å². The fraction of sp³-hybridized carbons (Fsp3) is 0.250. The summed E-state index contributed by atoms with van der Waals surface area (Å²) in [6, 6.07) is 2.65. The summed E-state index contributed by atoms with van der Waals surface area (Å²) in [6.07, 6.45) is 3.16. The number of hydrogen-bond acceptors (Lipinski definition) is 4. The third-order valence-corrected chi connectivity index (χ3v) is 1.52.